The lowest BCUT2D eigenvalue weighted by Gasteiger charge is -2.02. The van der Waals surface area contributed by atoms with Crippen LogP contribution in [0.1, 0.15) is 17.9 Å². The molecule has 0 aliphatic carbocycles. The Bertz CT molecular complexity index is 1290. The van der Waals surface area contributed by atoms with E-state index >= 15 is 0 Å². The number of H-pyrrole nitrogens is 1. The summed E-state index contributed by atoms with van der Waals surface area (Å²) in [4.78, 5) is 8.17. The van der Waals surface area contributed by atoms with Gasteiger partial charge in [-0.05, 0) is 48.7 Å². The average molecular weight is 447 g/mol. The number of benzene rings is 3. The number of halogens is 2. The Morgan fingerprint density at radius 1 is 0.806 bits per heavy atom. The minimum Gasteiger partial charge on any atom is -0.440 e. The fraction of sp³-hybridized carbons (Fsp3) is 0.115. The minimum absolute atomic E-state index is 0.659. The SMILES string of the molecule is Clc1cccc(-c2nc(CCCc3c[nH]c4ccccc34)oc2-c2cccc(Cl)c2)c1. The van der Waals surface area contributed by atoms with Gasteiger partial charge in [0.15, 0.2) is 11.7 Å². The number of aromatic nitrogens is 2. The second-order valence-corrected chi connectivity index (χ2v) is 8.39. The highest BCUT2D eigenvalue weighted by Gasteiger charge is 2.17. The van der Waals surface area contributed by atoms with Crippen LogP contribution in [0, 0.1) is 0 Å². The molecule has 5 aromatic rings. The van der Waals surface area contributed by atoms with Crippen molar-refractivity contribution >= 4 is 34.1 Å². The molecule has 154 valence electrons. The molecule has 0 saturated heterocycles. The normalized spacial score (nSPS) is 11.3. The molecule has 5 heteroatoms. The first-order chi connectivity index (χ1) is 15.2. The van der Waals surface area contributed by atoms with Crippen LogP contribution in [0.25, 0.3) is 33.5 Å². The predicted octanol–water partition coefficient (Wildman–Crippen LogP) is 7.97. The first kappa shape index (κ1) is 19.9. The molecule has 0 spiro atoms. The molecule has 2 aromatic heterocycles. The molecule has 0 radical (unpaired) electrons. The van der Waals surface area contributed by atoms with Gasteiger partial charge in [0, 0.05) is 44.7 Å². The Hall–Kier alpha value is -3.01. The third-order valence-corrected chi connectivity index (χ3v) is 5.84. The number of oxazole rings is 1. The summed E-state index contributed by atoms with van der Waals surface area (Å²) < 4.78 is 6.24. The molecule has 31 heavy (non-hydrogen) atoms. The molecule has 3 nitrogen and oxygen atoms in total. The number of nitrogens with one attached hydrogen (secondary N) is 1. The number of para-hydroxylation sites is 1. The van der Waals surface area contributed by atoms with Crippen LogP contribution in [-0.4, -0.2) is 9.97 Å². The van der Waals surface area contributed by atoms with E-state index in [0.29, 0.717) is 21.7 Å². The number of hydrogen-bond acceptors (Lipinski definition) is 2. The summed E-state index contributed by atoms with van der Waals surface area (Å²) in [7, 11) is 0. The number of fused-ring (bicyclic) bond motifs is 1. The third-order valence-electron chi connectivity index (χ3n) is 5.37. The number of rotatable bonds is 6. The summed E-state index contributed by atoms with van der Waals surface area (Å²) in [5, 5.41) is 2.60. The van der Waals surface area contributed by atoms with E-state index in [1.54, 1.807) is 0 Å². The third kappa shape index (κ3) is 4.25. The largest absolute Gasteiger partial charge is 0.440 e. The zero-order valence-corrected chi connectivity index (χ0v) is 18.3. The van der Waals surface area contributed by atoms with Crippen molar-refractivity contribution in [2.45, 2.75) is 19.3 Å². The standard InChI is InChI=1S/C26H20Cl2N2O/c27-20-9-3-6-17(14-20)25-26(18-7-4-10-21(28)15-18)31-24(30-25)13-5-8-19-16-29-23-12-2-1-11-22(19)23/h1-4,6-7,9-12,14-16,29H,5,8,13H2. The second-order valence-electron chi connectivity index (χ2n) is 7.52. The van der Waals surface area contributed by atoms with Gasteiger partial charge in [-0.1, -0.05) is 65.7 Å². The van der Waals surface area contributed by atoms with Gasteiger partial charge in [-0.25, -0.2) is 4.98 Å². The Balaban J connectivity index is 1.43. The minimum atomic E-state index is 0.659. The molecule has 0 unspecified atom stereocenters. The quantitative estimate of drug-likeness (QED) is 0.287. The van der Waals surface area contributed by atoms with Crippen molar-refractivity contribution in [3.05, 3.63) is 100 Å². The summed E-state index contributed by atoms with van der Waals surface area (Å²) in [5.74, 6) is 1.43. The Labute approximate surface area is 190 Å². The average Bonchev–Trinajstić information content (AvgIpc) is 3.39. The zero-order valence-electron chi connectivity index (χ0n) is 16.7. The van der Waals surface area contributed by atoms with Crippen LogP contribution in [0.15, 0.2) is 83.4 Å². The van der Waals surface area contributed by atoms with Crippen molar-refractivity contribution in [1.29, 1.82) is 0 Å². The molecule has 0 bridgehead atoms. The van der Waals surface area contributed by atoms with Gasteiger partial charge >= 0.3 is 0 Å². The van der Waals surface area contributed by atoms with Crippen LogP contribution < -0.4 is 0 Å². The summed E-state index contributed by atoms with van der Waals surface area (Å²) >= 11 is 12.5. The second kappa shape index (κ2) is 8.62. The molecule has 0 fully saturated rings. The summed E-state index contributed by atoms with van der Waals surface area (Å²) in [5.41, 5.74) is 5.09. The maximum atomic E-state index is 6.24. The van der Waals surface area contributed by atoms with E-state index in [0.717, 1.165) is 36.1 Å². The molecule has 0 atom stereocenters. The van der Waals surface area contributed by atoms with Gasteiger partial charge in [0.2, 0.25) is 0 Å². The maximum Gasteiger partial charge on any atom is 0.195 e. The first-order valence-electron chi connectivity index (χ1n) is 10.2. The van der Waals surface area contributed by atoms with Crippen LogP contribution >= 0.6 is 23.2 Å². The fourth-order valence-electron chi connectivity index (χ4n) is 3.90. The topological polar surface area (TPSA) is 41.8 Å². The van der Waals surface area contributed by atoms with Gasteiger partial charge in [0.1, 0.15) is 5.69 Å². The molecular formula is C26H20Cl2N2O. The van der Waals surface area contributed by atoms with E-state index in [2.05, 4.69) is 29.4 Å². The van der Waals surface area contributed by atoms with Gasteiger partial charge in [-0.3, -0.25) is 0 Å². The van der Waals surface area contributed by atoms with Gasteiger partial charge in [-0.2, -0.15) is 0 Å². The van der Waals surface area contributed by atoms with E-state index in [1.165, 1.54) is 16.5 Å². The van der Waals surface area contributed by atoms with Crippen molar-refractivity contribution in [2.75, 3.05) is 0 Å². The van der Waals surface area contributed by atoms with E-state index in [1.807, 2.05) is 54.6 Å². The first-order valence-corrected chi connectivity index (χ1v) is 11.0. The van der Waals surface area contributed by atoms with Crippen molar-refractivity contribution in [3.63, 3.8) is 0 Å². The van der Waals surface area contributed by atoms with E-state index in [-0.39, 0.29) is 0 Å². The van der Waals surface area contributed by atoms with Crippen LogP contribution in [-0.2, 0) is 12.8 Å². The van der Waals surface area contributed by atoms with Gasteiger partial charge in [0.25, 0.3) is 0 Å². The van der Waals surface area contributed by atoms with Crippen LogP contribution in [0.4, 0.5) is 0 Å². The van der Waals surface area contributed by atoms with Gasteiger partial charge in [-0.15, -0.1) is 0 Å². The van der Waals surface area contributed by atoms with Crippen LogP contribution in [0.5, 0.6) is 0 Å². The Morgan fingerprint density at radius 3 is 2.35 bits per heavy atom. The fourth-order valence-corrected chi connectivity index (χ4v) is 4.28. The van der Waals surface area contributed by atoms with Crippen LogP contribution in [0.2, 0.25) is 10.0 Å². The molecule has 0 aliphatic rings. The number of aryl methyl sites for hydroxylation is 2. The number of aromatic amines is 1. The van der Waals surface area contributed by atoms with E-state index in [4.69, 9.17) is 32.6 Å². The predicted molar refractivity (Wildman–Crippen MR) is 128 cm³/mol. The Morgan fingerprint density at radius 2 is 1.55 bits per heavy atom. The lowest BCUT2D eigenvalue weighted by atomic mass is 10.1. The van der Waals surface area contributed by atoms with Crippen molar-refractivity contribution in [2.24, 2.45) is 0 Å². The molecule has 0 saturated carbocycles. The highest BCUT2D eigenvalue weighted by atomic mass is 35.5. The molecule has 0 amide bonds. The number of hydrogen-bond donors (Lipinski definition) is 1. The highest BCUT2D eigenvalue weighted by molar-refractivity contribution is 6.31. The Kier molecular flexibility index (Phi) is 5.54. The lowest BCUT2D eigenvalue weighted by Crippen LogP contribution is -1.90. The molecule has 1 N–H and O–H groups in total. The monoisotopic (exact) mass is 446 g/mol. The van der Waals surface area contributed by atoms with Crippen LogP contribution in [0.3, 0.4) is 0 Å². The number of nitrogens with zero attached hydrogens (tertiary/aromatic N) is 1. The van der Waals surface area contributed by atoms with E-state index < -0.39 is 0 Å². The maximum absolute atomic E-state index is 6.24. The molecule has 3 aromatic carbocycles. The van der Waals surface area contributed by atoms with Crippen molar-refractivity contribution < 1.29 is 4.42 Å². The van der Waals surface area contributed by atoms with Gasteiger partial charge in [0.05, 0.1) is 0 Å². The molecule has 2 heterocycles. The smallest absolute Gasteiger partial charge is 0.195 e. The zero-order chi connectivity index (χ0) is 21.2. The summed E-state index contributed by atoms with van der Waals surface area (Å²) in [6, 6.07) is 23.7. The van der Waals surface area contributed by atoms with Crippen molar-refractivity contribution in [1.82, 2.24) is 9.97 Å². The lowest BCUT2D eigenvalue weighted by molar-refractivity contribution is 0.498. The van der Waals surface area contributed by atoms with Crippen molar-refractivity contribution in [3.8, 4) is 22.6 Å². The molecule has 5 rings (SSSR count). The molecule has 0 aliphatic heterocycles. The summed E-state index contributed by atoms with van der Waals surface area (Å²) in [6.45, 7) is 0. The highest BCUT2D eigenvalue weighted by Crippen LogP contribution is 2.35. The molecular weight excluding hydrogens is 427 g/mol. The van der Waals surface area contributed by atoms with Gasteiger partial charge < -0.3 is 9.40 Å². The summed E-state index contributed by atoms with van der Waals surface area (Å²) in [6.07, 6.45) is 4.72. The van der Waals surface area contributed by atoms with E-state index in [9.17, 15) is 0 Å².